The Hall–Kier alpha value is -1.75. The first-order valence-electron chi connectivity index (χ1n) is 5.59. The molecule has 20 heavy (non-hydrogen) atoms. The van der Waals surface area contributed by atoms with Crippen molar-refractivity contribution >= 4 is 28.7 Å². The van der Waals surface area contributed by atoms with E-state index in [2.05, 4.69) is 15.1 Å². The third-order valence-electron chi connectivity index (χ3n) is 2.23. The van der Waals surface area contributed by atoms with E-state index in [0.29, 0.717) is 16.1 Å². The maximum Gasteiger partial charge on any atom is 0.227 e. The van der Waals surface area contributed by atoms with Gasteiger partial charge in [0.05, 0.1) is 23.9 Å². The van der Waals surface area contributed by atoms with Crippen molar-refractivity contribution < 1.29 is 19.7 Å². The number of fused-ring (bicyclic) bond motifs is 1. The Morgan fingerprint density at radius 3 is 3.00 bits per heavy atom. The number of ether oxygens (including phenoxy) is 1. The summed E-state index contributed by atoms with van der Waals surface area (Å²) >= 11 is 1.20. The monoisotopic (exact) mass is 299 g/mol. The summed E-state index contributed by atoms with van der Waals surface area (Å²) in [6.07, 6.45) is 1.37. The van der Waals surface area contributed by atoms with Gasteiger partial charge >= 0.3 is 0 Å². The first-order chi connectivity index (χ1) is 9.58. The van der Waals surface area contributed by atoms with Crippen molar-refractivity contribution in [3.8, 4) is 0 Å². The van der Waals surface area contributed by atoms with Gasteiger partial charge in [-0.1, -0.05) is 11.8 Å². The molecule has 108 valence electrons. The lowest BCUT2D eigenvalue weighted by molar-refractivity contribution is -0.115. The number of amides is 1. The molecule has 0 spiro atoms. The molecule has 0 saturated carbocycles. The first-order valence-corrected chi connectivity index (χ1v) is 6.58. The molecule has 2 rings (SSSR count). The van der Waals surface area contributed by atoms with E-state index in [1.807, 2.05) is 0 Å². The number of rotatable bonds is 7. The van der Waals surface area contributed by atoms with E-state index >= 15 is 0 Å². The number of aliphatic hydroxyl groups excluding tert-OH is 1. The van der Waals surface area contributed by atoms with Crippen LogP contribution in [0.2, 0.25) is 0 Å². The zero-order chi connectivity index (χ0) is 14.5. The molecule has 0 unspecified atom stereocenters. The second-order valence-electron chi connectivity index (χ2n) is 3.80. The summed E-state index contributed by atoms with van der Waals surface area (Å²) in [6, 6.07) is 0. The van der Waals surface area contributed by atoms with E-state index in [-0.39, 0.29) is 19.1 Å². The summed E-state index contributed by atoms with van der Waals surface area (Å²) in [6.45, 7) is -0.201. The predicted octanol–water partition coefficient (Wildman–Crippen LogP) is -1.31. The van der Waals surface area contributed by atoms with Crippen LogP contribution < -0.4 is 5.73 Å². The van der Waals surface area contributed by atoms with Crippen LogP contribution in [0.15, 0.2) is 17.6 Å². The largest absolute Gasteiger partial charge is 0.369 e. The van der Waals surface area contributed by atoms with E-state index in [9.17, 15) is 4.79 Å². The highest BCUT2D eigenvalue weighted by molar-refractivity contribution is 8.00. The van der Waals surface area contributed by atoms with Crippen molar-refractivity contribution in [1.29, 1.82) is 0 Å². The molecule has 2 aromatic heterocycles. The van der Waals surface area contributed by atoms with Gasteiger partial charge in [-0.3, -0.25) is 4.79 Å². The van der Waals surface area contributed by atoms with Crippen LogP contribution in [0.25, 0.3) is 11.0 Å². The van der Waals surface area contributed by atoms with Gasteiger partial charge < -0.3 is 20.7 Å². The number of aliphatic hydroxyl groups is 2. The fraction of sp³-hybridized carbons (Fsp3) is 0.400. The molecule has 0 aliphatic rings. The SMILES string of the molecule is NC(=O)CSc1ncnc2c1cnn2COCC(O)O. The molecule has 1 amide bonds. The van der Waals surface area contributed by atoms with Gasteiger partial charge in [0.15, 0.2) is 11.9 Å². The molecule has 0 radical (unpaired) electrons. The number of nitrogens with zero attached hydrogens (tertiary/aromatic N) is 4. The lowest BCUT2D eigenvalue weighted by atomic mass is 10.4. The predicted molar refractivity (Wildman–Crippen MR) is 69.4 cm³/mol. The van der Waals surface area contributed by atoms with Crippen molar-refractivity contribution in [3.63, 3.8) is 0 Å². The van der Waals surface area contributed by atoms with Crippen LogP contribution in [0.1, 0.15) is 0 Å². The van der Waals surface area contributed by atoms with Crippen LogP contribution in [0.5, 0.6) is 0 Å². The summed E-state index contributed by atoms with van der Waals surface area (Å²) in [5.74, 6) is -0.320. The highest BCUT2D eigenvalue weighted by atomic mass is 32.2. The van der Waals surface area contributed by atoms with Crippen molar-refractivity contribution in [3.05, 3.63) is 12.5 Å². The molecular weight excluding hydrogens is 286 g/mol. The summed E-state index contributed by atoms with van der Waals surface area (Å²) in [5.41, 5.74) is 5.62. The number of primary amides is 1. The van der Waals surface area contributed by atoms with Crippen molar-refractivity contribution in [2.45, 2.75) is 18.0 Å². The average molecular weight is 299 g/mol. The molecule has 9 nitrogen and oxygen atoms in total. The van der Waals surface area contributed by atoms with Gasteiger partial charge in [-0.25, -0.2) is 14.6 Å². The second kappa shape index (κ2) is 6.61. The Labute approximate surface area is 117 Å². The standard InChI is InChI=1S/C10H13N5O4S/c11-7(16)3-20-10-6-1-14-15(5-19-2-8(17)18)9(6)12-4-13-10/h1,4,8,17-18H,2-3,5H2,(H2,11,16). The molecule has 2 aromatic rings. The maximum atomic E-state index is 10.8. The smallest absolute Gasteiger partial charge is 0.227 e. The summed E-state index contributed by atoms with van der Waals surface area (Å²) in [7, 11) is 0. The van der Waals surface area contributed by atoms with Gasteiger partial charge in [-0.2, -0.15) is 5.10 Å². The van der Waals surface area contributed by atoms with Gasteiger partial charge in [0.2, 0.25) is 5.91 Å². The zero-order valence-corrected chi connectivity index (χ0v) is 11.2. The van der Waals surface area contributed by atoms with E-state index in [4.69, 9.17) is 20.7 Å². The number of aromatic nitrogens is 4. The molecule has 0 aromatic carbocycles. The van der Waals surface area contributed by atoms with Crippen LogP contribution in [-0.2, 0) is 16.3 Å². The summed E-state index contributed by atoms with van der Waals surface area (Å²) in [4.78, 5) is 18.9. The quantitative estimate of drug-likeness (QED) is 0.325. The number of nitrogens with two attached hydrogens (primary N) is 1. The molecule has 0 fully saturated rings. The Morgan fingerprint density at radius 1 is 1.50 bits per heavy atom. The van der Waals surface area contributed by atoms with Crippen molar-refractivity contribution in [2.24, 2.45) is 5.73 Å². The highest BCUT2D eigenvalue weighted by Crippen LogP contribution is 2.23. The van der Waals surface area contributed by atoms with Crippen LogP contribution in [-0.4, -0.2) is 54.5 Å². The number of hydrogen-bond donors (Lipinski definition) is 3. The molecule has 0 aliphatic carbocycles. The van der Waals surface area contributed by atoms with Crippen molar-refractivity contribution in [2.75, 3.05) is 12.4 Å². The molecule has 4 N–H and O–H groups in total. The minimum atomic E-state index is -1.53. The molecule has 2 heterocycles. The topological polar surface area (TPSA) is 136 Å². The number of thioether (sulfide) groups is 1. The third-order valence-corrected chi connectivity index (χ3v) is 3.26. The third kappa shape index (κ3) is 3.63. The van der Waals surface area contributed by atoms with Crippen LogP contribution >= 0.6 is 11.8 Å². The highest BCUT2D eigenvalue weighted by Gasteiger charge is 2.11. The number of hydrogen-bond acceptors (Lipinski definition) is 8. The van der Waals surface area contributed by atoms with Gasteiger partial charge in [0, 0.05) is 0 Å². The molecule has 0 atom stereocenters. The average Bonchev–Trinajstić information content (AvgIpc) is 2.80. The first kappa shape index (κ1) is 14.7. The lowest BCUT2D eigenvalue weighted by Gasteiger charge is -2.06. The summed E-state index contributed by atoms with van der Waals surface area (Å²) < 4.78 is 6.50. The molecular formula is C10H13N5O4S. The van der Waals surface area contributed by atoms with Gasteiger partial charge in [0.25, 0.3) is 0 Å². The fourth-order valence-electron chi connectivity index (χ4n) is 1.47. The maximum absolute atomic E-state index is 10.8. The molecule has 10 heteroatoms. The zero-order valence-electron chi connectivity index (χ0n) is 10.3. The van der Waals surface area contributed by atoms with E-state index in [1.165, 1.54) is 22.8 Å². The fourth-order valence-corrected chi connectivity index (χ4v) is 2.17. The van der Waals surface area contributed by atoms with Crippen LogP contribution in [0.4, 0.5) is 0 Å². The van der Waals surface area contributed by atoms with E-state index in [1.54, 1.807) is 6.20 Å². The minimum Gasteiger partial charge on any atom is -0.369 e. The molecule has 0 bridgehead atoms. The van der Waals surface area contributed by atoms with Crippen LogP contribution in [0.3, 0.4) is 0 Å². The van der Waals surface area contributed by atoms with Crippen LogP contribution in [0, 0.1) is 0 Å². The minimum absolute atomic E-state index is 0.0259. The Kier molecular flexibility index (Phi) is 4.84. The van der Waals surface area contributed by atoms with Gasteiger partial charge in [0.1, 0.15) is 18.1 Å². The summed E-state index contributed by atoms with van der Waals surface area (Å²) in [5, 5.41) is 22.7. The number of carbonyl (C=O) groups excluding carboxylic acids is 1. The Bertz CT molecular complexity index is 602. The normalized spacial score (nSPS) is 11.3. The van der Waals surface area contributed by atoms with Crippen molar-refractivity contribution in [1.82, 2.24) is 19.7 Å². The molecule has 0 saturated heterocycles. The van der Waals surface area contributed by atoms with E-state index in [0.717, 1.165) is 0 Å². The molecule has 0 aliphatic heterocycles. The Balaban J connectivity index is 2.14. The number of carbonyl (C=O) groups is 1. The second-order valence-corrected chi connectivity index (χ2v) is 4.76. The van der Waals surface area contributed by atoms with Gasteiger partial charge in [-0.15, -0.1) is 0 Å². The van der Waals surface area contributed by atoms with E-state index < -0.39 is 12.2 Å². The Morgan fingerprint density at radius 2 is 2.30 bits per heavy atom. The lowest BCUT2D eigenvalue weighted by Crippen LogP contribution is -2.16. The van der Waals surface area contributed by atoms with Gasteiger partial charge in [-0.05, 0) is 0 Å².